The number of rotatable bonds is 8. The molecular weight excluding hydrogens is 553 g/mol. The Morgan fingerprint density at radius 1 is 0.947 bits per heavy atom. The van der Waals surface area contributed by atoms with E-state index in [9.17, 15) is 9.59 Å². The second-order valence-electron chi connectivity index (χ2n) is 9.92. The minimum atomic E-state index is -0.179. The molecule has 0 bridgehead atoms. The smallest absolute Gasteiger partial charge is 0.271 e. The molecule has 196 valence electrons. The molecule has 10 heteroatoms. The summed E-state index contributed by atoms with van der Waals surface area (Å²) in [6.45, 7) is 4.60. The van der Waals surface area contributed by atoms with Crippen LogP contribution in [0, 0.1) is 5.92 Å². The molecule has 6 nitrogen and oxygen atoms in total. The van der Waals surface area contributed by atoms with E-state index in [1.165, 1.54) is 58.1 Å². The molecule has 1 aliphatic carbocycles. The van der Waals surface area contributed by atoms with Crippen LogP contribution in [0.5, 0.6) is 0 Å². The van der Waals surface area contributed by atoms with Gasteiger partial charge in [-0.3, -0.25) is 19.5 Å². The SMILES string of the molecule is CCC(C)CN1C(=O)c2cc(-c3cnc(-c4ncc(-c5ccc(/C=N/C6CCCCC6)s5)s4)s3)sc2C1=O. The Kier molecular flexibility index (Phi) is 7.39. The molecule has 6 rings (SSSR count). The lowest BCUT2D eigenvalue weighted by molar-refractivity contribution is 0.0633. The van der Waals surface area contributed by atoms with Crippen LogP contribution >= 0.6 is 45.3 Å². The highest BCUT2D eigenvalue weighted by molar-refractivity contribution is 7.28. The second-order valence-corrected chi connectivity index (χ2v) is 14.1. The second kappa shape index (κ2) is 10.9. The van der Waals surface area contributed by atoms with Crippen molar-refractivity contribution in [3.63, 3.8) is 0 Å². The van der Waals surface area contributed by atoms with Crippen molar-refractivity contribution in [1.82, 2.24) is 14.9 Å². The van der Waals surface area contributed by atoms with Gasteiger partial charge in [-0.2, -0.15) is 0 Å². The molecule has 1 fully saturated rings. The largest absolute Gasteiger partial charge is 0.288 e. The van der Waals surface area contributed by atoms with Gasteiger partial charge in [-0.1, -0.05) is 39.5 Å². The summed E-state index contributed by atoms with van der Waals surface area (Å²) in [5.74, 6) is -0.0600. The Morgan fingerprint density at radius 3 is 2.34 bits per heavy atom. The van der Waals surface area contributed by atoms with Gasteiger partial charge in [-0.05, 0) is 37.0 Å². The van der Waals surface area contributed by atoms with Crippen LogP contribution in [0.25, 0.3) is 29.5 Å². The third-order valence-electron chi connectivity index (χ3n) is 7.13. The van der Waals surface area contributed by atoms with E-state index in [1.807, 2.05) is 24.7 Å². The first kappa shape index (κ1) is 25.7. The van der Waals surface area contributed by atoms with E-state index in [4.69, 9.17) is 4.99 Å². The fourth-order valence-electron chi connectivity index (χ4n) is 4.73. The lowest BCUT2D eigenvalue weighted by Crippen LogP contribution is -2.33. The van der Waals surface area contributed by atoms with Gasteiger partial charge in [0, 0.05) is 45.8 Å². The van der Waals surface area contributed by atoms with Gasteiger partial charge in [0.1, 0.15) is 4.88 Å². The number of hydrogen-bond acceptors (Lipinski definition) is 9. The van der Waals surface area contributed by atoms with Crippen molar-refractivity contribution in [2.75, 3.05) is 6.54 Å². The van der Waals surface area contributed by atoms with E-state index in [-0.39, 0.29) is 11.8 Å². The fraction of sp³-hybridized carbons (Fsp3) is 0.393. The van der Waals surface area contributed by atoms with E-state index >= 15 is 0 Å². The highest BCUT2D eigenvalue weighted by atomic mass is 32.1. The Balaban J connectivity index is 1.16. The molecule has 4 aromatic heterocycles. The number of aromatic nitrogens is 2. The predicted octanol–water partition coefficient (Wildman–Crippen LogP) is 8.12. The van der Waals surface area contributed by atoms with Crippen LogP contribution in [0.1, 0.15) is 77.3 Å². The summed E-state index contributed by atoms with van der Waals surface area (Å²) in [7, 11) is 0. The van der Waals surface area contributed by atoms with Gasteiger partial charge >= 0.3 is 0 Å². The van der Waals surface area contributed by atoms with E-state index < -0.39 is 0 Å². The molecule has 2 aliphatic rings. The summed E-state index contributed by atoms with van der Waals surface area (Å²) in [5.41, 5.74) is 0.519. The molecule has 1 aliphatic heterocycles. The molecule has 1 saturated carbocycles. The van der Waals surface area contributed by atoms with Gasteiger partial charge in [0.15, 0.2) is 10.0 Å². The number of fused-ring (bicyclic) bond motifs is 1. The first-order valence-corrected chi connectivity index (χ1v) is 16.3. The van der Waals surface area contributed by atoms with Crippen molar-refractivity contribution >= 4 is 63.4 Å². The van der Waals surface area contributed by atoms with Crippen LogP contribution in [0.3, 0.4) is 0 Å². The first-order chi connectivity index (χ1) is 18.5. The molecule has 2 amide bonds. The molecule has 0 radical (unpaired) electrons. The van der Waals surface area contributed by atoms with Crippen LogP contribution in [-0.2, 0) is 0 Å². The van der Waals surface area contributed by atoms with Crippen LogP contribution in [0.4, 0.5) is 0 Å². The molecule has 1 atom stereocenters. The summed E-state index contributed by atoms with van der Waals surface area (Å²) < 4.78 is 0. The van der Waals surface area contributed by atoms with Gasteiger partial charge in [-0.25, -0.2) is 9.97 Å². The van der Waals surface area contributed by atoms with E-state index in [0.717, 1.165) is 31.1 Å². The highest BCUT2D eigenvalue weighted by Crippen LogP contribution is 2.42. The lowest BCUT2D eigenvalue weighted by Gasteiger charge is -2.18. The molecule has 0 aromatic carbocycles. The van der Waals surface area contributed by atoms with Crippen LogP contribution in [0.15, 0.2) is 35.6 Å². The number of amides is 2. The summed E-state index contributed by atoms with van der Waals surface area (Å²) in [4.78, 5) is 47.1. The number of carbonyl (C=O) groups excluding carboxylic acids is 2. The maximum atomic E-state index is 12.9. The molecular formula is C28H28N4O2S4. The minimum Gasteiger partial charge on any atom is -0.288 e. The molecule has 5 heterocycles. The van der Waals surface area contributed by atoms with Crippen LogP contribution in [0.2, 0.25) is 0 Å². The van der Waals surface area contributed by atoms with E-state index in [2.05, 4.69) is 35.9 Å². The fourth-order valence-corrected chi connectivity index (χ4v) is 8.73. The molecule has 0 saturated heterocycles. The standard InChI is InChI=1S/C28H28N4O2S4/c1-3-16(2)15-32-27(33)19-11-21(36-24(19)28(32)34)23-14-31-26(38-23)25-30-13-22(37-25)20-10-9-18(35-20)12-29-17-7-5-4-6-8-17/h9-14,16-17H,3-8,15H2,1-2H3/b29-12+. The molecule has 0 spiro atoms. The zero-order valence-electron chi connectivity index (χ0n) is 21.3. The number of hydrogen-bond donors (Lipinski definition) is 0. The minimum absolute atomic E-state index is 0.171. The number of carbonyl (C=O) groups is 2. The zero-order valence-corrected chi connectivity index (χ0v) is 24.6. The number of nitrogens with zero attached hydrogens (tertiary/aromatic N) is 4. The summed E-state index contributed by atoms with van der Waals surface area (Å²) >= 11 is 6.30. The maximum Gasteiger partial charge on any atom is 0.271 e. The average molecular weight is 581 g/mol. The number of thiophene rings is 2. The van der Waals surface area contributed by atoms with E-state index in [0.29, 0.717) is 28.9 Å². The van der Waals surface area contributed by atoms with Crippen molar-refractivity contribution in [1.29, 1.82) is 0 Å². The van der Waals surface area contributed by atoms with Gasteiger partial charge in [0.05, 0.1) is 15.3 Å². The molecule has 4 aromatic rings. The number of aliphatic imine (C=N–C) groups is 1. The molecule has 38 heavy (non-hydrogen) atoms. The van der Waals surface area contributed by atoms with Gasteiger partial charge < -0.3 is 0 Å². The van der Waals surface area contributed by atoms with Gasteiger partial charge in [0.25, 0.3) is 11.8 Å². The van der Waals surface area contributed by atoms with Crippen molar-refractivity contribution in [2.24, 2.45) is 10.9 Å². The topological polar surface area (TPSA) is 75.5 Å². The number of imide groups is 1. The highest BCUT2D eigenvalue weighted by Gasteiger charge is 2.38. The van der Waals surface area contributed by atoms with Crippen LogP contribution in [-0.4, -0.2) is 45.5 Å². The third kappa shape index (κ3) is 5.06. The third-order valence-corrected chi connectivity index (χ3v) is 11.8. The summed E-state index contributed by atoms with van der Waals surface area (Å²) in [5, 5.41) is 1.72. The van der Waals surface area contributed by atoms with Gasteiger partial charge in [0.2, 0.25) is 0 Å². The average Bonchev–Trinajstić information content (AvgIpc) is 3.75. The van der Waals surface area contributed by atoms with Crippen molar-refractivity contribution < 1.29 is 9.59 Å². The number of thiazole rings is 2. The normalized spacial score (nSPS) is 17.2. The molecule has 1 unspecified atom stereocenters. The van der Waals surface area contributed by atoms with Crippen LogP contribution < -0.4 is 0 Å². The first-order valence-electron chi connectivity index (χ1n) is 13.1. The monoisotopic (exact) mass is 580 g/mol. The van der Waals surface area contributed by atoms with Gasteiger partial charge in [-0.15, -0.1) is 45.3 Å². The summed E-state index contributed by atoms with van der Waals surface area (Å²) in [6, 6.07) is 6.61. The Morgan fingerprint density at radius 2 is 1.66 bits per heavy atom. The van der Waals surface area contributed by atoms with Crippen molar-refractivity contribution in [3.8, 4) is 29.5 Å². The van der Waals surface area contributed by atoms with E-state index in [1.54, 1.807) is 34.0 Å². The Labute approximate surface area is 238 Å². The zero-order chi connectivity index (χ0) is 26.2. The predicted molar refractivity (Wildman–Crippen MR) is 159 cm³/mol. The quantitative estimate of drug-likeness (QED) is 0.156. The Bertz CT molecular complexity index is 1470. The van der Waals surface area contributed by atoms with Crippen molar-refractivity contribution in [3.05, 3.63) is 45.9 Å². The molecule has 0 N–H and O–H groups in total. The maximum absolute atomic E-state index is 12.9. The lowest BCUT2D eigenvalue weighted by atomic mass is 9.96. The summed E-state index contributed by atoms with van der Waals surface area (Å²) in [6.07, 6.45) is 13.0. The van der Waals surface area contributed by atoms with Crippen molar-refractivity contribution in [2.45, 2.75) is 58.4 Å². The Hall–Kier alpha value is -2.53.